The van der Waals surface area contributed by atoms with Gasteiger partial charge in [0.15, 0.2) is 5.96 Å². The van der Waals surface area contributed by atoms with Crippen LogP contribution in [0.5, 0.6) is 0 Å². The number of piperidine rings is 1. The Balaban J connectivity index is 1.67. The van der Waals surface area contributed by atoms with Crippen molar-refractivity contribution in [3.63, 3.8) is 0 Å². The summed E-state index contributed by atoms with van der Waals surface area (Å²) in [6.45, 7) is 5.41. The lowest BCUT2D eigenvalue weighted by Gasteiger charge is -2.30. The van der Waals surface area contributed by atoms with Crippen molar-refractivity contribution < 1.29 is 4.74 Å². The highest BCUT2D eigenvalue weighted by Gasteiger charge is 2.33. The summed E-state index contributed by atoms with van der Waals surface area (Å²) in [5, 5.41) is 7.10. The predicted octanol–water partition coefficient (Wildman–Crippen LogP) is 2.48. The molecule has 1 aliphatic carbocycles. The third-order valence-electron chi connectivity index (χ3n) is 6.04. The molecule has 24 heavy (non-hydrogen) atoms. The molecule has 0 atom stereocenters. The zero-order valence-corrected chi connectivity index (χ0v) is 16.1. The Morgan fingerprint density at radius 3 is 2.54 bits per heavy atom. The normalized spacial score (nSPS) is 22.7. The molecule has 5 heteroatoms. The Hall–Kier alpha value is -0.810. The molecule has 0 radical (unpaired) electrons. The zero-order valence-electron chi connectivity index (χ0n) is 16.1. The average molecular weight is 339 g/mol. The number of hydrogen-bond donors (Lipinski definition) is 2. The van der Waals surface area contributed by atoms with Gasteiger partial charge in [-0.2, -0.15) is 0 Å². The van der Waals surface area contributed by atoms with E-state index in [2.05, 4.69) is 27.6 Å². The van der Waals surface area contributed by atoms with Gasteiger partial charge in [0.25, 0.3) is 0 Å². The fraction of sp³-hybridized carbons (Fsp3) is 0.947. The van der Waals surface area contributed by atoms with Crippen LogP contribution in [-0.4, -0.2) is 64.9 Å². The zero-order chi connectivity index (χ0) is 17.3. The Morgan fingerprint density at radius 1 is 1.21 bits per heavy atom. The summed E-state index contributed by atoms with van der Waals surface area (Å²) in [6, 6.07) is 0. The first-order valence-electron chi connectivity index (χ1n) is 9.79. The topological polar surface area (TPSA) is 48.9 Å². The van der Waals surface area contributed by atoms with Gasteiger partial charge < -0.3 is 20.3 Å². The minimum Gasteiger partial charge on any atom is -0.385 e. The Labute approximate surface area is 148 Å². The van der Waals surface area contributed by atoms with E-state index in [-0.39, 0.29) is 0 Å². The van der Waals surface area contributed by atoms with Gasteiger partial charge in [0.1, 0.15) is 0 Å². The second kappa shape index (κ2) is 10.2. The lowest BCUT2D eigenvalue weighted by molar-refractivity contribution is 0.138. The standard InChI is InChI=1S/C19H38N4O/c1-20-18(21-12-6-17-7-13-23(2)14-8-17)22-16-19(11-15-24-3)9-4-5-10-19/h17H,4-16H2,1-3H3,(H2,20,21,22). The van der Waals surface area contributed by atoms with Crippen LogP contribution >= 0.6 is 0 Å². The number of likely N-dealkylation sites (tertiary alicyclic amines) is 1. The highest BCUT2D eigenvalue weighted by Crippen LogP contribution is 2.40. The molecule has 1 aliphatic heterocycles. The van der Waals surface area contributed by atoms with Crippen molar-refractivity contribution in [3.05, 3.63) is 0 Å². The summed E-state index contributed by atoms with van der Waals surface area (Å²) in [7, 11) is 5.91. The first-order chi connectivity index (χ1) is 11.7. The van der Waals surface area contributed by atoms with Gasteiger partial charge in [-0.3, -0.25) is 4.99 Å². The van der Waals surface area contributed by atoms with Crippen LogP contribution in [0.4, 0.5) is 0 Å². The van der Waals surface area contributed by atoms with Crippen LogP contribution in [0, 0.1) is 11.3 Å². The van der Waals surface area contributed by atoms with Crippen LogP contribution in [0.25, 0.3) is 0 Å². The van der Waals surface area contributed by atoms with Gasteiger partial charge >= 0.3 is 0 Å². The molecule has 0 unspecified atom stereocenters. The van der Waals surface area contributed by atoms with Gasteiger partial charge in [0.2, 0.25) is 0 Å². The molecule has 2 aliphatic rings. The summed E-state index contributed by atoms with van der Waals surface area (Å²) in [4.78, 5) is 6.85. The van der Waals surface area contributed by atoms with Gasteiger partial charge in [-0.1, -0.05) is 12.8 Å². The van der Waals surface area contributed by atoms with E-state index in [0.717, 1.165) is 38.0 Å². The SMILES string of the molecule is CN=C(NCCC1CCN(C)CC1)NCC1(CCOC)CCCC1. The molecule has 140 valence electrons. The van der Waals surface area contributed by atoms with Crippen molar-refractivity contribution >= 4 is 5.96 Å². The summed E-state index contributed by atoms with van der Waals surface area (Å²) >= 11 is 0. The maximum atomic E-state index is 5.32. The molecular formula is C19H38N4O. The van der Waals surface area contributed by atoms with Crippen LogP contribution in [0.1, 0.15) is 51.4 Å². The fourth-order valence-corrected chi connectivity index (χ4v) is 4.20. The molecule has 0 amide bonds. The number of methoxy groups -OCH3 is 1. The molecule has 0 aromatic heterocycles. The van der Waals surface area contributed by atoms with Crippen molar-refractivity contribution in [2.75, 3.05) is 54.0 Å². The first kappa shape index (κ1) is 19.5. The quantitative estimate of drug-likeness (QED) is 0.527. The minimum absolute atomic E-state index is 0.404. The molecule has 2 N–H and O–H groups in total. The largest absolute Gasteiger partial charge is 0.385 e. The van der Waals surface area contributed by atoms with E-state index >= 15 is 0 Å². The van der Waals surface area contributed by atoms with Gasteiger partial charge in [-0.15, -0.1) is 0 Å². The summed E-state index contributed by atoms with van der Waals surface area (Å²) in [5.74, 6) is 1.83. The van der Waals surface area contributed by atoms with Gasteiger partial charge in [-0.05, 0) is 70.0 Å². The van der Waals surface area contributed by atoms with E-state index in [9.17, 15) is 0 Å². The van der Waals surface area contributed by atoms with E-state index in [0.29, 0.717) is 5.41 Å². The highest BCUT2D eigenvalue weighted by molar-refractivity contribution is 5.79. The van der Waals surface area contributed by atoms with Crippen molar-refractivity contribution in [2.24, 2.45) is 16.3 Å². The minimum atomic E-state index is 0.404. The molecule has 2 fully saturated rings. The third kappa shape index (κ3) is 6.25. The van der Waals surface area contributed by atoms with Crippen molar-refractivity contribution in [1.82, 2.24) is 15.5 Å². The van der Waals surface area contributed by atoms with Gasteiger partial charge in [-0.25, -0.2) is 0 Å². The van der Waals surface area contributed by atoms with Crippen LogP contribution in [0.15, 0.2) is 4.99 Å². The van der Waals surface area contributed by atoms with E-state index in [1.165, 1.54) is 58.0 Å². The van der Waals surface area contributed by atoms with E-state index in [1.807, 2.05) is 7.05 Å². The predicted molar refractivity (Wildman–Crippen MR) is 102 cm³/mol. The number of ether oxygens (including phenoxy) is 1. The summed E-state index contributed by atoms with van der Waals surface area (Å²) < 4.78 is 5.32. The summed E-state index contributed by atoms with van der Waals surface area (Å²) in [6.07, 6.45) is 10.4. The van der Waals surface area contributed by atoms with Crippen LogP contribution in [0.2, 0.25) is 0 Å². The molecule has 0 bridgehead atoms. The lowest BCUT2D eigenvalue weighted by atomic mass is 9.83. The van der Waals surface area contributed by atoms with Crippen LogP contribution < -0.4 is 10.6 Å². The molecule has 5 nitrogen and oxygen atoms in total. The first-order valence-corrected chi connectivity index (χ1v) is 9.79. The van der Waals surface area contributed by atoms with Gasteiger partial charge in [0, 0.05) is 33.9 Å². The molecule has 2 rings (SSSR count). The Morgan fingerprint density at radius 2 is 1.92 bits per heavy atom. The second-order valence-electron chi connectivity index (χ2n) is 7.84. The van der Waals surface area contributed by atoms with E-state index in [1.54, 1.807) is 7.11 Å². The third-order valence-corrected chi connectivity index (χ3v) is 6.04. The summed E-state index contributed by atoms with van der Waals surface area (Å²) in [5.41, 5.74) is 0.404. The number of aliphatic imine (C=N–C) groups is 1. The van der Waals surface area contributed by atoms with E-state index in [4.69, 9.17) is 4.74 Å². The molecule has 0 aromatic carbocycles. The fourth-order valence-electron chi connectivity index (χ4n) is 4.20. The van der Waals surface area contributed by atoms with Gasteiger partial charge in [0.05, 0.1) is 0 Å². The molecule has 0 aromatic rings. The van der Waals surface area contributed by atoms with Crippen molar-refractivity contribution in [1.29, 1.82) is 0 Å². The molecule has 1 saturated heterocycles. The smallest absolute Gasteiger partial charge is 0.190 e. The van der Waals surface area contributed by atoms with Crippen molar-refractivity contribution in [3.8, 4) is 0 Å². The van der Waals surface area contributed by atoms with E-state index < -0.39 is 0 Å². The molecule has 1 heterocycles. The molecule has 0 spiro atoms. The van der Waals surface area contributed by atoms with Crippen LogP contribution in [0.3, 0.4) is 0 Å². The second-order valence-corrected chi connectivity index (χ2v) is 7.84. The Bertz CT molecular complexity index is 372. The lowest BCUT2D eigenvalue weighted by Crippen LogP contribution is -2.44. The molecule has 1 saturated carbocycles. The number of guanidine groups is 1. The van der Waals surface area contributed by atoms with Crippen molar-refractivity contribution in [2.45, 2.75) is 51.4 Å². The number of nitrogens with zero attached hydrogens (tertiary/aromatic N) is 2. The van der Waals surface area contributed by atoms with Crippen LogP contribution in [-0.2, 0) is 4.74 Å². The monoisotopic (exact) mass is 338 g/mol. The average Bonchev–Trinajstić information content (AvgIpc) is 3.07. The number of rotatable bonds is 8. The highest BCUT2D eigenvalue weighted by atomic mass is 16.5. The molecular weight excluding hydrogens is 300 g/mol. The maximum absolute atomic E-state index is 5.32. The number of hydrogen-bond acceptors (Lipinski definition) is 3. The number of nitrogens with one attached hydrogen (secondary N) is 2. The Kier molecular flexibility index (Phi) is 8.33. The maximum Gasteiger partial charge on any atom is 0.190 e.